The Balaban J connectivity index is 2.24. The van der Waals surface area contributed by atoms with Gasteiger partial charge < -0.3 is 14.9 Å². The number of aliphatic hydroxyl groups is 1. The van der Waals surface area contributed by atoms with Gasteiger partial charge in [-0.05, 0) is 31.4 Å². The van der Waals surface area contributed by atoms with E-state index in [-0.39, 0.29) is 11.9 Å². The summed E-state index contributed by atoms with van der Waals surface area (Å²) >= 11 is 5.95. The number of halogens is 1. The summed E-state index contributed by atoms with van der Waals surface area (Å²) in [6.07, 6.45) is 2.32. The minimum absolute atomic E-state index is 0.0657. The molecule has 7 heteroatoms. The molecule has 1 aromatic heterocycles. The van der Waals surface area contributed by atoms with Crippen molar-refractivity contribution in [1.29, 1.82) is 0 Å². The molecule has 0 saturated carbocycles. The molecule has 0 radical (unpaired) electrons. The second kappa shape index (κ2) is 6.15. The lowest BCUT2D eigenvalue weighted by atomic mass is 10.4. The Morgan fingerprint density at radius 2 is 2.00 bits per heavy atom. The van der Waals surface area contributed by atoms with Crippen molar-refractivity contribution in [3.8, 4) is 0 Å². The van der Waals surface area contributed by atoms with Crippen molar-refractivity contribution in [1.82, 2.24) is 15.0 Å². The summed E-state index contributed by atoms with van der Waals surface area (Å²) in [5.74, 6) is 1.17. The quantitative estimate of drug-likeness (QED) is 0.860. The molecule has 6 nitrogen and oxygen atoms in total. The van der Waals surface area contributed by atoms with Crippen molar-refractivity contribution in [2.45, 2.75) is 19.8 Å². The third kappa shape index (κ3) is 3.00. The Bertz CT molecular complexity index is 397. The highest BCUT2D eigenvalue weighted by Gasteiger charge is 2.18. The molecule has 0 aliphatic carbocycles. The zero-order valence-corrected chi connectivity index (χ0v) is 11.3. The molecule has 0 unspecified atom stereocenters. The van der Waals surface area contributed by atoms with E-state index >= 15 is 0 Å². The molecule has 1 fully saturated rings. The van der Waals surface area contributed by atoms with E-state index in [1.807, 2.05) is 11.8 Å². The lowest BCUT2D eigenvalue weighted by molar-refractivity contribution is 0.301. The third-order valence-electron chi connectivity index (χ3n) is 3.01. The van der Waals surface area contributed by atoms with Gasteiger partial charge in [-0.25, -0.2) is 0 Å². The topological polar surface area (TPSA) is 65.4 Å². The van der Waals surface area contributed by atoms with Crippen molar-refractivity contribution in [2.75, 3.05) is 42.6 Å². The molecule has 1 aromatic rings. The number of rotatable bonds is 5. The zero-order chi connectivity index (χ0) is 13.0. The monoisotopic (exact) mass is 271 g/mol. The summed E-state index contributed by atoms with van der Waals surface area (Å²) in [6, 6.07) is 0. The van der Waals surface area contributed by atoms with Crippen molar-refractivity contribution >= 4 is 23.5 Å². The molecule has 0 atom stereocenters. The first-order valence-corrected chi connectivity index (χ1v) is 6.64. The average Bonchev–Trinajstić information content (AvgIpc) is 2.89. The number of anilines is 2. The van der Waals surface area contributed by atoms with E-state index in [1.165, 1.54) is 0 Å². The first kappa shape index (κ1) is 13.3. The predicted octanol–water partition coefficient (Wildman–Crippen LogP) is 0.944. The Hall–Kier alpha value is -1.14. The van der Waals surface area contributed by atoms with Gasteiger partial charge in [0.15, 0.2) is 0 Å². The van der Waals surface area contributed by atoms with Gasteiger partial charge in [-0.3, -0.25) is 0 Å². The zero-order valence-electron chi connectivity index (χ0n) is 10.5. The predicted molar refractivity (Wildman–Crippen MR) is 71.3 cm³/mol. The normalized spacial score (nSPS) is 15.2. The van der Waals surface area contributed by atoms with Crippen LogP contribution in [0.4, 0.5) is 11.9 Å². The van der Waals surface area contributed by atoms with E-state index in [9.17, 15) is 0 Å². The minimum atomic E-state index is 0.0657. The molecule has 2 rings (SSSR count). The van der Waals surface area contributed by atoms with E-state index in [4.69, 9.17) is 16.7 Å². The molecular formula is C11H18ClN5O. The van der Waals surface area contributed by atoms with E-state index in [1.54, 1.807) is 0 Å². The maximum absolute atomic E-state index is 9.02. The Morgan fingerprint density at radius 1 is 1.28 bits per heavy atom. The minimum Gasteiger partial charge on any atom is -0.395 e. The Morgan fingerprint density at radius 3 is 2.61 bits per heavy atom. The maximum atomic E-state index is 9.02. The van der Waals surface area contributed by atoms with E-state index in [2.05, 4.69) is 19.9 Å². The standard InChI is InChI=1S/C11H18ClN5O/c1-2-16(7-8-18)10-13-9(12)14-11(15-10)17-5-3-4-6-17/h18H,2-8H2,1H3. The SMILES string of the molecule is CCN(CCO)c1nc(Cl)nc(N2CCCC2)n1. The van der Waals surface area contributed by atoms with Gasteiger partial charge in [0.05, 0.1) is 6.61 Å². The summed E-state index contributed by atoms with van der Waals surface area (Å²) in [7, 11) is 0. The lowest BCUT2D eigenvalue weighted by Gasteiger charge is -2.22. The highest BCUT2D eigenvalue weighted by Crippen LogP contribution is 2.20. The van der Waals surface area contributed by atoms with E-state index in [0.29, 0.717) is 18.4 Å². The molecule has 0 spiro atoms. The summed E-state index contributed by atoms with van der Waals surface area (Å²) in [4.78, 5) is 16.7. The van der Waals surface area contributed by atoms with Crippen molar-refractivity contribution < 1.29 is 5.11 Å². The fraction of sp³-hybridized carbons (Fsp3) is 0.727. The maximum Gasteiger partial charge on any atom is 0.231 e. The van der Waals surface area contributed by atoms with E-state index < -0.39 is 0 Å². The van der Waals surface area contributed by atoms with Crippen LogP contribution in [0.5, 0.6) is 0 Å². The summed E-state index contributed by atoms with van der Waals surface area (Å²) in [5.41, 5.74) is 0. The largest absolute Gasteiger partial charge is 0.395 e. The third-order valence-corrected chi connectivity index (χ3v) is 3.18. The number of aromatic nitrogens is 3. The highest BCUT2D eigenvalue weighted by molar-refractivity contribution is 6.28. The number of hydrogen-bond acceptors (Lipinski definition) is 6. The van der Waals surface area contributed by atoms with Gasteiger partial charge >= 0.3 is 0 Å². The molecule has 1 saturated heterocycles. The van der Waals surface area contributed by atoms with Crippen molar-refractivity contribution in [3.05, 3.63) is 5.28 Å². The number of likely N-dealkylation sites (N-methyl/N-ethyl adjacent to an activating group) is 1. The molecule has 1 aliphatic heterocycles. The summed E-state index contributed by atoms with van der Waals surface area (Å²) < 4.78 is 0. The molecule has 0 amide bonds. The lowest BCUT2D eigenvalue weighted by Crippen LogP contribution is -2.29. The van der Waals surface area contributed by atoms with E-state index in [0.717, 1.165) is 32.5 Å². The van der Waals surface area contributed by atoms with Gasteiger partial charge in [-0.15, -0.1) is 0 Å². The van der Waals surface area contributed by atoms with Crippen LogP contribution in [-0.4, -0.2) is 52.8 Å². The van der Waals surface area contributed by atoms with Crippen LogP contribution >= 0.6 is 11.6 Å². The van der Waals surface area contributed by atoms with Crippen LogP contribution in [-0.2, 0) is 0 Å². The molecule has 1 aliphatic rings. The number of aliphatic hydroxyl groups excluding tert-OH is 1. The first-order chi connectivity index (χ1) is 8.74. The van der Waals surface area contributed by atoms with Gasteiger partial charge in [-0.2, -0.15) is 15.0 Å². The molecule has 2 heterocycles. The van der Waals surface area contributed by atoms with Crippen LogP contribution in [0.25, 0.3) is 0 Å². The molecule has 1 N–H and O–H groups in total. The van der Waals surface area contributed by atoms with Crippen LogP contribution in [0, 0.1) is 0 Å². The Kier molecular flexibility index (Phi) is 4.54. The van der Waals surface area contributed by atoms with Crippen LogP contribution in [0.15, 0.2) is 0 Å². The molecule has 18 heavy (non-hydrogen) atoms. The smallest absolute Gasteiger partial charge is 0.231 e. The average molecular weight is 272 g/mol. The summed E-state index contributed by atoms with van der Waals surface area (Å²) in [5, 5.41) is 9.23. The number of hydrogen-bond donors (Lipinski definition) is 1. The second-order valence-electron chi connectivity index (χ2n) is 4.20. The molecular weight excluding hydrogens is 254 g/mol. The molecule has 100 valence electrons. The van der Waals surface area contributed by atoms with Crippen molar-refractivity contribution in [3.63, 3.8) is 0 Å². The van der Waals surface area contributed by atoms with Gasteiger partial charge in [0.2, 0.25) is 17.2 Å². The van der Waals surface area contributed by atoms with Crippen LogP contribution < -0.4 is 9.80 Å². The van der Waals surface area contributed by atoms with Crippen molar-refractivity contribution in [2.24, 2.45) is 0 Å². The van der Waals surface area contributed by atoms with Crippen LogP contribution in [0.1, 0.15) is 19.8 Å². The first-order valence-electron chi connectivity index (χ1n) is 6.27. The number of nitrogens with zero attached hydrogens (tertiary/aromatic N) is 5. The second-order valence-corrected chi connectivity index (χ2v) is 4.54. The summed E-state index contributed by atoms with van der Waals surface area (Å²) in [6.45, 7) is 5.20. The Labute approximate surface area is 112 Å². The van der Waals surface area contributed by atoms with Crippen LogP contribution in [0.2, 0.25) is 5.28 Å². The highest BCUT2D eigenvalue weighted by atomic mass is 35.5. The van der Waals surface area contributed by atoms with Gasteiger partial charge in [-0.1, -0.05) is 0 Å². The van der Waals surface area contributed by atoms with Gasteiger partial charge in [0.1, 0.15) is 0 Å². The van der Waals surface area contributed by atoms with Gasteiger partial charge in [0.25, 0.3) is 0 Å². The fourth-order valence-corrected chi connectivity index (χ4v) is 2.20. The molecule has 0 aromatic carbocycles. The molecule has 0 bridgehead atoms. The van der Waals surface area contributed by atoms with Gasteiger partial charge in [0, 0.05) is 26.2 Å². The fourth-order valence-electron chi connectivity index (χ4n) is 2.05. The van der Waals surface area contributed by atoms with Crippen LogP contribution in [0.3, 0.4) is 0 Å².